The van der Waals surface area contributed by atoms with Crippen LogP contribution in [0.3, 0.4) is 0 Å². The maximum atomic E-state index is 10.0. The van der Waals surface area contributed by atoms with Gasteiger partial charge in [0.05, 0.1) is 5.92 Å². The lowest BCUT2D eigenvalue weighted by atomic mass is 10.2. The number of hydrogen-bond acceptors (Lipinski definition) is 1. The van der Waals surface area contributed by atoms with Gasteiger partial charge in [0.25, 0.3) is 0 Å². The number of carboxylic acid groups (broad SMARTS) is 1. The van der Waals surface area contributed by atoms with Crippen LogP contribution in [0.15, 0.2) is 11.1 Å². The average molecular weight is 179 g/mol. The Hall–Kier alpha value is -0.310. The highest BCUT2D eigenvalue weighted by atomic mass is 79.9. The van der Waals surface area contributed by atoms with Crippen molar-refractivity contribution < 1.29 is 9.90 Å². The summed E-state index contributed by atoms with van der Waals surface area (Å²) >= 11 is 2.97. The summed E-state index contributed by atoms with van der Waals surface area (Å²) in [7, 11) is 0. The average Bonchev–Trinajstić information content (AvgIpc) is 1.64. The second-order valence-electron chi connectivity index (χ2n) is 1.51. The molecular weight excluding hydrogens is 172 g/mol. The number of halogens is 1. The zero-order chi connectivity index (χ0) is 6.73. The third-order valence-corrected chi connectivity index (χ3v) is 1.53. The Labute approximate surface area is 56.3 Å². The van der Waals surface area contributed by atoms with Crippen LogP contribution in [0.5, 0.6) is 0 Å². The fourth-order valence-corrected chi connectivity index (χ4v) is 0.330. The molecule has 0 saturated heterocycles. The van der Waals surface area contributed by atoms with Gasteiger partial charge in [0.2, 0.25) is 0 Å². The summed E-state index contributed by atoms with van der Waals surface area (Å²) in [4.78, 5) is 10.0. The van der Waals surface area contributed by atoms with Gasteiger partial charge in [-0.15, -0.1) is 0 Å². The van der Waals surface area contributed by atoms with E-state index in [2.05, 4.69) is 22.5 Å². The molecule has 0 aliphatic carbocycles. The molecular formula is C5H7BrO2. The molecule has 3 heteroatoms. The quantitative estimate of drug-likeness (QED) is 0.699. The van der Waals surface area contributed by atoms with Gasteiger partial charge in [-0.3, -0.25) is 4.79 Å². The van der Waals surface area contributed by atoms with Crippen LogP contribution < -0.4 is 0 Å². The second-order valence-corrected chi connectivity index (χ2v) is 2.53. The minimum absolute atomic E-state index is 0.491. The lowest BCUT2D eigenvalue weighted by molar-refractivity contribution is -0.139. The van der Waals surface area contributed by atoms with Gasteiger partial charge in [0.1, 0.15) is 0 Å². The molecule has 0 rings (SSSR count). The van der Waals surface area contributed by atoms with Gasteiger partial charge < -0.3 is 5.11 Å². The summed E-state index contributed by atoms with van der Waals surface area (Å²) in [6.07, 6.45) is 0. The fourth-order valence-electron chi connectivity index (χ4n) is 0.134. The molecule has 0 aliphatic rings. The maximum absolute atomic E-state index is 10.0. The molecule has 0 aliphatic heterocycles. The fraction of sp³-hybridized carbons (Fsp3) is 0.400. The first-order valence-electron chi connectivity index (χ1n) is 2.12. The maximum Gasteiger partial charge on any atom is 0.311 e. The van der Waals surface area contributed by atoms with E-state index < -0.39 is 11.9 Å². The third-order valence-electron chi connectivity index (χ3n) is 0.840. The van der Waals surface area contributed by atoms with Crippen molar-refractivity contribution in [2.45, 2.75) is 6.92 Å². The molecule has 0 bridgehead atoms. The van der Waals surface area contributed by atoms with Gasteiger partial charge in [-0.2, -0.15) is 0 Å². The Morgan fingerprint density at radius 2 is 2.25 bits per heavy atom. The number of carbonyl (C=O) groups is 1. The topological polar surface area (TPSA) is 37.3 Å². The highest BCUT2D eigenvalue weighted by molar-refractivity contribution is 9.11. The van der Waals surface area contributed by atoms with Crippen LogP contribution in [0, 0.1) is 5.92 Å². The molecule has 0 spiro atoms. The molecule has 46 valence electrons. The van der Waals surface area contributed by atoms with Crippen LogP contribution >= 0.6 is 15.9 Å². The molecule has 0 aromatic rings. The van der Waals surface area contributed by atoms with E-state index in [1.807, 2.05) is 0 Å². The Morgan fingerprint density at radius 1 is 1.88 bits per heavy atom. The molecule has 8 heavy (non-hydrogen) atoms. The summed E-state index contributed by atoms with van der Waals surface area (Å²) in [6, 6.07) is 0. The summed E-state index contributed by atoms with van der Waals surface area (Å²) in [5.74, 6) is -1.35. The SMILES string of the molecule is C=C(Br)C(C)C(=O)O. The van der Waals surface area contributed by atoms with Crippen molar-refractivity contribution in [3.05, 3.63) is 11.1 Å². The summed E-state index contributed by atoms with van der Waals surface area (Å²) < 4.78 is 0.505. The molecule has 0 fully saturated rings. The first kappa shape index (κ1) is 7.69. The zero-order valence-corrected chi connectivity index (χ0v) is 6.10. The normalized spacial score (nSPS) is 12.8. The molecule has 0 radical (unpaired) electrons. The molecule has 0 aromatic carbocycles. The van der Waals surface area contributed by atoms with Crippen LogP contribution in [0.4, 0.5) is 0 Å². The van der Waals surface area contributed by atoms with Crippen LogP contribution in [-0.2, 0) is 4.79 Å². The van der Waals surface area contributed by atoms with Crippen molar-refractivity contribution in [2.24, 2.45) is 5.92 Å². The van der Waals surface area contributed by atoms with E-state index in [9.17, 15) is 4.79 Å². The first-order valence-corrected chi connectivity index (χ1v) is 2.92. The zero-order valence-electron chi connectivity index (χ0n) is 4.52. The Balaban J connectivity index is 3.83. The standard InChI is InChI=1S/C5H7BrO2/c1-3(4(2)6)5(7)8/h3H,2H2,1H3,(H,7,8). The molecule has 0 aromatic heterocycles. The van der Waals surface area contributed by atoms with Crippen molar-refractivity contribution in [1.29, 1.82) is 0 Å². The van der Waals surface area contributed by atoms with Crippen LogP contribution in [-0.4, -0.2) is 11.1 Å². The molecule has 1 unspecified atom stereocenters. The van der Waals surface area contributed by atoms with Crippen molar-refractivity contribution in [3.8, 4) is 0 Å². The van der Waals surface area contributed by atoms with Crippen molar-refractivity contribution >= 4 is 21.9 Å². The van der Waals surface area contributed by atoms with E-state index >= 15 is 0 Å². The predicted octanol–water partition coefficient (Wildman–Crippen LogP) is 1.62. The Bertz CT molecular complexity index is 106. The van der Waals surface area contributed by atoms with Crippen molar-refractivity contribution in [1.82, 2.24) is 0 Å². The smallest absolute Gasteiger partial charge is 0.311 e. The Kier molecular flexibility index (Phi) is 2.76. The minimum Gasteiger partial charge on any atom is -0.481 e. The largest absolute Gasteiger partial charge is 0.481 e. The van der Waals surface area contributed by atoms with E-state index in [1.165, 1.54) is 0 Å². The molecule has 0 heterocycles. The summed E-state index contributed by atoms with van der Waals surface area (Å²) in [6.45, 7) is 4.98. The minimum atomic E-state index is -0.855. The third kappa shape index (κ3) is 2.12. The van der Waals surface area contributed by atoms with Crippen molar-refractivity contribution in [2.75, 3.05) is 0 Å². The predicted molar refractivity (Wildman–Crippen MR) is 34.9 cm³/mol. The summed E-state index contributed by atoms with van der Waals surface area (Å²) in [5, 5.41) is 8.26. The molecule has 1 N–H and O–H groups in total. The van der Waals surface area contributed by atoms with Gasteiger partial charge in [-0.1, -0.05) is 22.5 Å². The molecule has 1 atom stereocenters. The number of hydrogen-bond donors (Lipinski definition) is 1. The van der Waals surface area contributed by atoms with Gasteiger partial charge in [-0.25, -0.2) is 0 Å². The number of aliphatic carboxylic acids is 1. The highest BCUT2D eigenvalue weighted by Crippen LogP contribution is 2.13. The lowest BCUT2D eigenvalue weighted by Gasteiger charge is -1.99. The van der Waals surface area contributed by atoms with Gasteiger partial charge >= 0.3 is 5.97 Å². The molecule has 2 nitrogen and oxygen atoms in total. The van der Waals surface area contributed by atoms with Gasteiger partial charge in [0.15, 0.2) is 0 Å². The van der Waals surface area contributed by atoms with E-state index in [-0.39, 0.29) is 0 Å². The van der Waals surface area contributed by atoms with E-state index in [0.29, 0.717) is 4.48 Å². The number of carboxylic acids is 1. The summed E-state index contributed by atoms with van der Waals surface area (Å²) in [5.41, 5.74) is 0. The van der Waals surface area contributed by atoms with E-state index in [4.69, 9.17) is 5.11 Å². The van der Waals surface area contributed by atoms with E-state index in [0.717, 1.165) is 0 Å². The number of rotatable bonds is 2. The van der Waals surface area contributed by atoms with E-state index in [1.54, 1.807) is 6.92 Å². The van der Waals surface area contributed by atoms with Crippen LogP contribution in [0.25, 0.3) is 0 Å². The van der Waals surface area contributed by atoms with Gasteiger partial charge in [-0.05, 0) is 6.92 Å². The molecule has 0 saturated carbocycles. The Morgan fingerprint density at radius 3 is 2.25 bits per heavy atom. The van der Waals surface area contributed by atoms with Crippen molar-refractivity contribution in [3.63, 3.8) is 0 Å². The monoisotopic (exact) mass is 178 g/mol. The lowest BCUT2D eigenvalue weighted by Crippen LogP contribution is -2.07. The first-order chi connectivity index (χ1) is 3.55. The highest BCUT2D eigenvalue weighted by Gasteiger charge is 2.10. The second kappa shape index (κ2) is 2.87. The van der Waals surface area contributed by atoms with Crippen LogP contribution in [0.1, 0.15) is 6.92 Å². The van der Waals surface area contributed by atoms with Crippen LogP contribution in [0.2, 0.25) is 0 Å². The van der Waals surface area contributed by atoms with Gasteiger partial charge in [0, 0.05) is 4.48 Å². The molecule has 0 amide bonds.